The van der Waals surface area contributed by atoms with Crippen LogP contribution in [0.15, 0.2) is 24.1 Å². The lowest BCUT2D eigenvalue weighted by molar-refractivity contribution is -0.312. The molecule has 0 saturated carbocycles. The van der Waals surface area contributed by atoms with Gasteiger partial charge in [-0.15, -0.1) is 0 Å². The van der Waals surface area contributed by atoms with E-state index in [2.05, 4.69) is 4.74 Å². The van der Waals surface area contributed by atoms with Crippen LogP contribution in [0.25, 0.3) is 0 Å². The van der Waals surface area contributed by atoms with E-state index in [1.54, 1.807) is 0 Å². The molecule has 0 aromatic heterocycles. The highest BCUT2D eigenvalue weighted by atomic mass is 32.3. The molecule has 0 fully saturated rings. The van der Waals surface area contributed by atoms with Gasteiger partial charge in [-0.2, -0.15) is 69.5 Å². The molecule has 0 radical (unpaired) electrons. The van der Waals surface area contributed by atoms with Gasteiger partial charge in [-0.25, -0.2) is 0 Å². The first-order valence-electron chi connectivity index (χ1n) is 5.88. The molecular formula is C8F14O7S2. The van der Waals surface area contributed by atoms with Gasteiger partial charge < -0.3 is 14.2 Å². The molecule has 0 atom stereocenters. The lowest BCUT2D eigenvalue weighted by Gasteiger charge is -2.22. The minimum absolute atomic E-state index is 2.03. The maximum Gasteiger partial charge on any atom is 0.485 e. The maximum absolute atomic E-state index is 12.8. The van der Waals surface area contributed by atoms with Gasteiger partial charge in [-0.1, -0.05) is 7.77 Å². The van der Waals surface area contributed by atoms with E-state index in [0.29, 0.717) is 0 Å². The minimum Gasteiger partial charge on any atom is -0.396 e. The van der Waals surface area contributed by atoms with Crippen molar-refractivity contribution < 1.29 is 91.5 Å². The van der Waals surface area contributed by atoms with Crippen molar-refractivity contribution in [2.75, 3.05) is 0 Å². The van der Waals surface area contributed by atoms with Crippen molar-refractivity contribution in [3.63, 3.8) is 0 Å². The topological polar surface area (TPSA) is 96.0 Å². The van der Waals surface area contributed by atoms with Gasteiger partial charge in [0.2, 0.25) is 0 Å². The van der Waals surface area contributed by atoms with Crippen LogP contribution in [0.3, 0.4) is 0 Å². The normalized spacial score (nSPS) is 16.3. The first kappa shape index (κ1) is 28.8. The summed E-state index contributed by atoms with van der Waals surface area (Å²) in [6, 6.07) is -15.4. The van der Waals surface area contributed by atoms with Crippen LogP contribution in [0.2, 0.25) is 0 Å². The second-order valence-corrected chi connectivity index (χ2v) is 7.12. The maximum atomic E-state index is 12.8. The van der Waals surface area contributed by atoms with Crippen molar-refractivity contribution >= 4 is 20.4 Å². The highest BCUT2D eigenvalue weighted by Crippen LogP contribution is 2.44. The Kier molecular flexibility index (Phi) is 7.79. The summed E-state index contributed by atoms with van der Waals surface area (Å²) in [5.74, 6) is 0. The lowest BCUT2D eigenvalue weighted by atomic mass is 10.6. The van der Waals surface area contributed by atoms with Gasteiger partial charge in [-0.05, 0) is 0 Å². The molecule has 0 heterocycles. The molecule has 0 aliphatic rings. The summed E-state index contributed by atoms with van der Waals surface area (Å²) in [7, 11) is -15.1. The molecule has 0 aliphatic heterocycles. The molecule has 0 aromatic rings. The molecule has 0 spiro atoms. The Hall–Kier alpha value is -2.20. The predicted molar refractivity (Wildman–Crippen MR) is 61.6 cm³/mol. The summed E-state index contributed by atoms with van der Waals surface area (Å²) in [6.07, 6.45) is -13.6. The molecule has 31 heavy (non-hydrogen) atoms. The quantitative estimate of drug-likeness (QED) is 0.235. The molecule has 184 valence electrons. The SMILES string of the molecule is O=S(=O)(F)C(F)(F)C(F)(F)OC(F)=C(F)OC(F)=C(F)OC(F)(F)C(F)(F)S(=O)(=O)F. The van der Waals surface area contributed by atoms with Gasteiger partial charge in [0.1, 0.15) is 0 Å². The third-order valence-electron chi connectivity index (χ3n) is 2.21. The molecule has 23 heteroatoms. The molecule has 0 N–H and O–H groups in total. The lowest BCUT2D eigenvalue weighted by Crippen LogP contribution is -2.47. The predicted octanol–water partition coefficient (Wildman–Crippen LogP) is 4.14. The molecule has 0 unspecified atom stereocenters. The summed E-state index contributed by atoms with van der Waals surface area (Å²) in [4.78, 5) is 0. The molecule has 0 bridgehead atoms. The highest BCUT2D eigenvalue weighted by molar-refractivity contribution is 7.87. The molecule has 0 rings (SSSR count). The van der Waals surface area contributed by atoms with E-state index in [9.17, 15) is 77.3 Å². The number of rotatable bonds is 10. The third-order valence-corrected chi connectivity index (χ3v) is 3.91. The van der Waals surface area contributed by atoms with Crippen LogP contribution in [0, 0.1) is 0 Å². The fraction of sp³-hybridized carbons (Fsp3) is 0.500. The van der Waals surface area contributed by atoms with Crippen molar-refractivity contribution in [1.82, 2.24) is 0 Å². The van der Waals surface area contributed by atoms with Gasteiger partial charge in [-0.3, -0.25) is 0 Å². The molecule has 7 nitrogen and oxygen atoms in total. The molecule has 0 saturated heterocycles. The van der Waals surface area contributed by atoms with Gasteiger partial charge in [0.15, 0.2) is 0 Å². The zero-order valence-corrected chi connectivity index (χ0v) is 14.6. The fourth-order valence-corrected chi connectivity index (χ4v) is 1.52. The van der Waals surface area contributed by atoms with E-state index < -0.39 is 67.2 Å². The van der Waals surface area contributed by atoms with Crippen molar-refractivity contribution in [3.05, 3.63) is 24.1 Å². The van der Waals surface area contributed by atoms with E-state index in [1.807, 2.05) is 9.47 Å². The van der Waals surface area contributed by atoms with E-state index in [1.165, 1.54) is 0 Å². The van der Waals surface area contributed by atoms with Crippen molar-refractivity contribution in [2.45, 2.75) is 22.7 Å². The Morgan fingerprint density at radius 3 is 0.935 bits per heavy atom. The average molecular weight is 538 g/mol. The monoisotopic (exact) mass is 538 g/mol. The molecule has 0 aromatic carbocycles. The standard InChI is InChI=1S/C8F14O7S2/c9-1(3(11)28-5(13,14)7(17,18)30(21,23)24)27-2(10)4(12)29-6(15,16)8(19,20)31(22,25)26. The zero-order chi connectivity index (χ0) is 25.4. The van der Waals surface area contributed by atoms with Crippen LogP contribution in [0.5, 0.6) is 0 Å². The fourth-order valence-electron chi connectivity index (χ4n) is 0.867. The van der Waals surface area contributed by atoms with Crippen LogP contribution in [-0.2, 0) is 34.7 Å². The number of hydrogen-bond acceptors (Lipinski definition) is 7. The summed E-state index contributed by atoms with van der Waals surface area (Å²) < 4.78 is 222. The molecule has 0 amide bonds. The van der Waals surface area contributed by atoms with Crippen LogP contribution < -0.4 is 0 Å². The van der Waals surface area contributed by atoms with Crippen molar-refractivity contribution in [2.24, 2.45) is 0 Å². The number of alkyl halides is 8. The van der Waals surface area contributed by atoms with Crippen LogP contribution in [0.4, 0.5) is 60.5 Å². The third kappa shape index (κ3) is 5.94. The number of hydrogen-bond donors (Lipinski definition) is 0. The number of ether oxygens (including phenoxy) is 3. The zero-order valence-electron chi connectivity index (χ0n) is 13.0. The summed E-state index contributed by atoms with van der Waals surface area (Å²) in [5.41, 5.74) is 0. The van der Waals surface area contributed by atoms with Gasteiger partial charge >= 0.3 is 67.2 Å². The van der Waals surface area contributed by atoms with Gasteiger partial charge in [0.25, 0.3) is 0 Å². The number of halogens is 14. The Morgan fingerprint density at radius 2 is 0.742 bits per heavy atom. The van der Waals surface area contributed by atoms with Gasteiger partial charge in [0.05, 0.1) is 0 Å². The smallest absolute Gasteiger partial charge is 0.396 e. The largest absolute Gasteiger partial charge is 0.485 e. The summed E-state index contributed by atoms with van der Waals surface area (Å²) in [6.45, 7) is 0. The Morgan fingerprint density at radius 1 is 0.516 bits per heavy atom. The van der Waals surface area contributed by atoms with E-state index in [4.69, 9.17) is 0 Å². The van der Waals surface area contributed by atoms with Crippen LogP contribution >= 0.6 is 0 Å². The van der Waals surface area contributed by atoms with Crippen molar-refractivity contribution in [3.8, 4) is 0 Å². The Balaban J connectivity index is 5.79. The minimum atomic E-state index is -7.57. The first-order valence-corrected chi connectivity index (χ1v) is 8.64. The van der Waals surface area contributed by atoms with E-state index >= 15 is 0 Å². The van der Waals surface area contributed by atoms with Gasteiger partial charge in [0, 0.05) is 0 Å². The van der Waals surface area contributed by atoms with Crippen molar-refractivity contribution in [1.29, 1.82) is 0 Å². The van der Waals surface area contributed by atoms with E-state index in [-0.39, 0.29) is 0 Å². The Labute approximate surface area is 159 Å². The first-order chi connectivity index (χ1) is 13.3. The average Bonchev–Trinajstić information content (AvgIpc) is 2.51. The second kappa shape index (κ2) is 8.38. The summed E-state index contributed by atoms with van der Waals surface area (Å²) in [5, 5.41) is -13.8. The highest BCUT2D eigenvalue weighted by Gasteiger charge is 2.71. The second-order valence-electron chi connectivity index (χ2n) is 4.34. The molecular weight excluding hydrogens is 538 g/mol. The van der Waals surface area contributed by atoms with E-state index in [0.717, 1.165) is 0 Å². The van der Waals surface area contributed by atoms with Crippen LogP contribution in [0.1, 0.15) is 0 Å². The summed E-state index contributed by atoms with van der Waals surface area (Å²) >= 11 is 0. The molecule has 0 aliphatic carbocycles. The van der Waals surface area contributed by atoms with Crippen LogP contribution in [-0.4, -0.2) is 39.6 Å². The Bertz CT molecular complexity index is 889.